The number of hydrogen-bond acceptors (Lipinski definition) is 7. The molecule has 1 amide bonds. The van der Waals surface area contributed by atoms with E-state index < -0.39 is 0 Å². The molecule has 1 fully saturated rings. The lowest BCUT2D eigenvalue weighted by Crippen LogP contribution is -2.40. The van der Waals surface area contributed by atoms with Crippen LogP contribution >= 0.6 is 11.6 Å². The average Bonchev–Trinajstić information content (AvgIpc) is 3.30. The largest absolute Gasteiger partial charge is 0.493 e. The molecule has 0 saturated carbocycles. The van der Waals surface area contributed by atoms with Gasteiger partial charge in [0.1, 0.15) is 0 Å². The first-order chi connectivity index (χ1) is 16.0. The fourth-order valence-corrected chi connectivity index (χ4v) is 4.17. The van der Waals surface area contributed by atoms with E-state index in [1.165, 1.54) is 0 Å². The van der Waals surface area contributed by atoms with Crippen molar-refractivity contribution >= 4 is 23.2 Å². The number of hydrogen-bond donors (Lipinski definition) is 1. The van der Waals surface area contributed by atoms with Crippen LogP contribution in [-0.2, 0) is 11.3 Å². The van der Waals surface area contributed by atoms with Crippen molar-refractivity contribution in [2.45, 2.75) is 26.3 Å². The van der Waals surface area contributed by atoms with Crippen LogP contribution in [0.3, 0.4) is 0 Å². The molecule has 2 aromatic carbocycles. The lowest BCUT2D eigenvalue weighted by Gasteiger charge is -2.31. The molecule has 33 heavy (non-hydrogen) atoms. The van der Waals surface area contributed by atoms with Crippen molar-refractivity contribution in [1.82, 2.24) is 15.0 Å². The van der Waals surface area contributed by atoms with Gasteiger partial charge in [0.05, 0.1) is 26.7 Å². The Kier molecular flexibility index (Phi) is 7.15. The number of carbonyl (C=O) groups excluding carboxylic acids is 1. The van der Waals surface area contributed by atoms with Crippen molar-refractivity contribution in [1.29, 1.82) is 0 Å². The Hall–Kier alpha value is -3.10. The summed E-state index contributed by atoms with van der Waals surface area (Å²) < 4.78 is 16.1. The Morgan fingerprint density at radius 3 is 2.85 bits per heavy atom. The summed E-state index contributed by atoms with van der Waals surface area (Å²) >= 11 is 6.18. The monoisotopic (exact) mass is 470 g/mol. The van der Waals surface area contributed by atoms with E-state index in [1.54, 1.807) is 20.3 Å². The van der Waals surface area contributed by atoms with E-state index in [-0.39, 0.29) is 11.8 Å². The minimum atomic E-state index is -0.120. The molecule has 2 heterocycles. The first-order valence-corrected chi connectivity index (χ1v) is 11.2. The summed E-state index contributed by atoms with van der Waals surface area (Å²) in [5, 5.41) is 7.78. The number of rotatable bonds is 7. The van der Waals surface area contributed by atoms with Gasteiger partial charge in [-0.05, 0) is 62.2 Å². The maximum atomic E-state index is 12.9. The van der Waals surface area contributed by atoms with Crippen LogP contribution in [0.5, 0.6) is 11.5 Å². The fourth-order valence-electron chi connectivity index (χ4n) is 3.99. The zero-order valence-corrected chi connectivity index (χ0v) is 19.7. The van der Waals surface area contributed by atoms with Crippen LogP contribution in [0, 0.1) is 12.8 Å². The van der Waals surface area contributed by atoms with E-state index >= 15 is 0 Å². The molecule has 1 aliphatic rings. The first-order valence-electron chi connectivity index (χ1n) is 10.8. The number of halogens is 1. The molecule has 8 nitrogen and oxygen atoms in total. The highest BCUT2D eigenvalue weighted by molar-refractivity contribution is 6.31. The standard InChI is InChI=1S/C24H27ClN4O4/c1-15-18(25)7-4-8-19(15)26-24(30)17-6-5-11-29(13-17)14-22-27-23(28-33-22)16-9-10-20(31-2)21(12-16)32-3/h4,7-10,12,17H,5-6,11,13-14H2,1-3H3,(H,26,30)/t17-/m1/s1. The number of benzene rings is 2. The number of carbonyl (C=O) groups is 1. The van der Waals surface area contributed by atoms with Crippen LogP contribution < -0.4 is 14.8 Å². The molecule has 0 aliphatic carbocycles. The highest BCUT2D eigenvalue weighted by Gasteiger charge is 2.27. The van der Waals surface area contributed by atoms with Gasteiger partial charge in [-0.2, -0.15) is 4.98 Å². The highest BCUT2D eigenvalue weighted by Crippen LogP contribution is 2.31. The number of methoxy groups -OCH3 is 2. The van der Waals surface area contributed by atoms with Crippen LogP contribution in [0.1, 0.15) is 24.3 Å². The van der Waals surface area contributed by atoms with Gasteiger partial charge in [-0.3, -0.25) is 9.69 Å². The number of likely N-dealkylation sites (tertiary alicyclic amines) is 1. The molecule has 0 bridgehead atoms. The molecule has 1 atom stereocenters. The molecule has 0 radical (unpaired) electrons. The summed E-state index contributed by atoms with van der Waals surface area (Å²) in [6.45, 7) is 3.88. The molecule has 4 rings (SSSR count). The van der Waals surface area contributed by atoms with Crippen molar-refractivity contribution in [3.8, 4) is 22.9 Å². The average molecular weight is 471 g/mol. The van der Waals surface area contributed by atoms with Gasteiger partial charge >= 0.3 is 0 Å². The van der Waals surface area contributed by atoms with Crippen LogP contribution in [0.4, 0.5) is 5.69 Å². The lowest BCUT2D eigenvalue weighted by molar-refractivity contribution is -0.121. The van der Waals surface area contributed by atoms with E-state index in [0.717, 1.165) is 36.2 Å². The third-order valence-corrected chi connectivity index (χ3v) is 6.28. The molecule has 174 valence electrons. The first kappa shape index (κ1) is 23.1. The van der Waals surface area contributed by atoms with E-state index in [0.29, 0.717) is 41.3 Å². The second-order valence-corrected chi connectivity index (χ2v) is 8.46. The summed E-state index contributed by atoms with van der Waals surface area (Å²) in [4.78, 5) is 19.6. The smallest absolute Gasteiger partial charge is 0.241 e. The summed E-state index contributed by atoms with van der Waals surface area (Å²) in [5.74, 6) is 2.10. The van der Waals surface area contributed by atoms with Crippen LogP contribution in [-0.4, -0.2) is 48.3 Å². The predicted octanol–water partition coefficient (Wildman–Crippen LogP) is 4.57. The number of ether oxygens (including phenoxy) is 2. The second kappa shape index (κ2) is 10.2. The molecule has 1 saturated heterocycles. The maximum absolute atomic E-state index is 12.9. The number of amides is 1. The van der Waals surface area contributed by atoms with E-state index in [9.17, 15) is 4.79 Å². The Balaban J connectivity index is 1.39. The van der Waals surface area contributed by atoms with Crippen LogP contribution in [0.15, 0.2) is 40.9 Å². The quantitative estimate of drug-likeness (QED) is 0.541. The third-order valence-electron chi connectivity index (χ3n) is 5.87. The molecule has 0 unspecified atom stereocenters. The second-order valence-electron chi connectivity index (χ2n) is 8.06. The normalized spacial score (nSPS) is 16.4. The van der Waals surface area contributed by atoms with Crippen molar-refractivity contribution in [3.63, 3.8) is 0 Å². The number of aromatic nitrogens is 2. The molecular weight excluding hydrogens is 444 g/mol. The van der Waals surface area contributed by atoms with E-state index in [4.69, 9.17) is 25.6 Å². The zero-order chi connectivity index (χ0) is 23.4. The Bertz CT molecular complexity index is 1130. The number of nitrogens with zero attached hydrogens (tertiary/aromatic N) is 3. The van der Waals surface area contributed by atoms with Gasteiger partial charge in [0.15, 0.2) is 11.5 Å². The Labute approximate surface area is 197 Å². The lowest BCUT2D eigenvalue weighted by atomic mass is 9.97. The number of anilines is 1. The van der Waals surface area contributed by atoms with Crippen LogP contribution in [0.2, 0.25) is 5.02 Å². The Morgan fingerprint density at radius 1 is 1.24 bits per heavy atom. The van der Waals surface area contributed by atoms with Gasteiger partial charge in [-0.15, -0.1) is 0 Å². The minimum Gasteiger partial charge on any atom is -0.493 e. The predicted molar refractivity (Wildman–Crippen MR) is 126 cm³/mol. The van der Waals surface area contributed by atoms with Crippen molar-refractivity contribution in [2.24, 2.45) is 5.92 Å². The highest BCUT2D eigenvalue weighted by atomic mass is 35.5. The van der Waals surface area contributed by atoms with Gasteiger partial charge in [0.25, 0.3) is 0 Å². The van der Waals surface area contributed by atoms with Crippen molar-refractivity contribution in [3.05, 3.63) is 52.9 Å². The molecule has 1 aliphatic heterocycles. The summed E-state index contributed by atoms with van der Waals surface area (Å²) in [6.07, 6.45) is 1.76. The summed E-state index contributed by atoms with van der Waals surface area (Å²) in [7, 11) is 3.17. The third kappa shape index (κ3) is 5.29. The van der Waals surface area contributed by atoms with Gasteiger partial charge in [0.2, 0.25) is 17.6 Å². The van der Waals surface area contributed by atoms with Crippen molar-refractivity contribution < 1.29 is 18.8 Å². The maximum Gasteiger partial charge on any atom is 0.241 e. The van der Waals surface area contributed by atoms with E-state index in [2.05, 4.69) is 20.4 Å². The minimum absolute atomic E-state index is 0.00149. The Morgan fingerprint density at radius 2 is 2.06 bits per heavy atom. The summed E-state index contributed by atoms with van der Waals surface area (Å²) in [6, 6.07) is 11.0. The molecule has 0 spiro atoms. The number of nitrogens with one attached hydrogen (secondary N) is 1. The molecular formula is C24H27ClN4O4. The van der Waals surface area contributed by atoms with Gasteiger partial charge in [-0.25, -0.2) is 0 Å². The molecule has 1 aromatic heterocycles. The number of piperidine rings is 1. The molecule has 1 N–H and O–H groups in total. The van der Waals surface area contributed by atoms with Crippen LogP contribution in [0.25, 0.3) is 11.4 Å². The molecule has 9 heteroatoms. The van der Waals surface area contributed by atoms with Gasteiger partial charge < -0.3 is 19.3 Å². The fraction of sp³-hybridized carbons (Fsp3) is 0.375. The van der Waals surface area contributed by atoms with E-state index in [1.807, 2.05) is 37.3 Å². The SMILES string of the molecule is COc1ccc(-c2noc(CN3CCC[C@@H](C(=O)Nc4cccc(Cl)c4C)C3)n2)cc1OC. The topological polar surface area (TPSA) is 89.7 Å². The van der Waals surface area contributed by atoms with Crippen molar-refractivity contribution in [2.75, 3.05) is 32.6 Å². The van der Waals surface area contributed by atoms with Gasteiger partial charge in [0, 0.05) is 22.8 Å². The van der Waals surface area contributed by atoms with Gasteiger partial charge in [-0.1, -0.05) is 22.8 Å². The molecule has 3 aromatic rings. The summed E-state index contributed by atoms with van der Waals surface area (Å²) in [5.41, 5.74) is 2.39. The zero-order valence-electron chi connectivity index (χ0n) is 18.9.